The predicted octanol–water partition coefficient (Wildman–Crippen LogP) is 3.02. The number of pyridine rings is 1. The number of hydrogen-bond donors (Lipinski definition) is 2. The van der Waals surface area contributed by atoms with Crippen LogP contribution in [0.4, 0.5) is 15.9 Å². The maximum atomic E-state index is 13.5. The molecule has 4 nitrogen and oxygen atoms in total. The van der Waals surface area contributed by atoms with Gasteiger partial charge in [-0.3, -0.25) is 4.79 Å². The number of hydrogen-bond acceptors (Lipinski definition) is 3. The highest BCUT2D eigenvalue weighted by Gasteiger charge is 2.14. The van der Waals surface area contributed by atoms with E-state index in [0.29, 0.717) is 17.1 Å². The van der Waals surface area contributed by atoms with Crippen molar-refractivity contribution in [3.63, 3.8) is 0 Å². The van der Waals surface area contributed by atoms with Gasteiger partial charge < -0.3 is 11.1 Å². The molecule has 2 aromatic rings. The summed E-state index contributed by atoms with van der Waals surface area (Å²) in [4.78, 5) is 15.9. The molecule has 6 heteroatoms. The van der Waals surface area contributed by atoms with E-state index in [2.05, 4.69) is 10.3 Å². The molecule has 98 valence electrons. The number of aromatic nitrogens is 1. The van der Waals surface area contributed by atoms with Crippen LogP contribution >= 0.6 is 11.6 Å². The zero-order chi connectivity index (χ0) is 14.0. The molecule has 0 saturated carbocycles. The predicted molar refractivity (Wildman–Crippen MR) is 72.7 cm³/mol. The van der Waals surface area contributed by atoms with Gasteiger partial charge in [0.05, 0.1) is 17.4 Å². The van der Waals surface area contributed by atoms with Crippen molar-refractivity contribution in [2.24, 2.45) is 0 Å². The summed E-state index contributed by atoms with van der Waals surface area (Å²) in [5.41, 5.74) is 6.61. The molecule has 0 spiro atoms. The quantitative estimate of drug-likeness (QED) is 0.888. The number of nitrogens with two attached hydrogens (primary N) is 1. The molecule has 0 aliphatic carbocycles. The molecule has 1 amide bonds. The summed E-state index contributed by atoms with van der Waals surface area (Å²) in [5.74, 6) is -0.922. The number of anilines is 2. The third kappa shape index (κ3) is 3.00. The van der Waals surface area contributed by atoms with Crippen LogP contribution in [0.15, 0.2) is 30.5 Å². The lowest BCUT2D eigenvalue weighted by atomic mass is 10.2. The highest BCUT2D eigenvalue weighted by molar-refractivity contribution is 6.31. The Labute approximate surface area is 114 Å². The average Bonchev–Trinajstić information content (AvgIpc) is 2.35. The lowest BCUT2D eigenvalue weighted by Crippen LogP contribution is -2.15. The second kappa shape index (κ2) is 5.24. The number of halogens is 2. The monoisotopic (exact) mass is 279 g/mol. The Morgan fingerprint density at radius 3 is 2.84 bits per heavy atom. The number of aryl methyl sites for hydroxylation is 1. The van der Waals surface area contributed by atoms with Gasteiger partial charge in [0.2, 0.25) is 0 Å². The van der Waals surface area contributed by atoms with E-state index < -0.39 is 11.7 Å². The Bertz CT molecular complexity index is 646. The lowest BCUT2D eigenvalue weighted by molar-refractivity contribution is 0.102. The minimum Gasteiger partial charge on any atom is -0.397 e. The molecule has 3 N–H and O–H groups in total. The van der Waals surface area contributed by atoms with Crippen LogP contribution in [0, 0.1) is 12.7 Å². The van der Waals surface area contributed by atoms with Crippen LogP contribution in [-0.2, 0) is 0 Å². The van der Waals surface area contributed by atoms with E-state index in [1.807, 2.05) is 0 Å². The van der Waals surface area contributed by atoms with Crippen molar-refractivity contribution in [3.05, 3.63) is 52.4 Å². The van der Waals surface area contributed by atoms with E-state index in [1.165, 1.54) is 18.3 Å². The zero-order valence-electron chi connectivity index (χ0n) is 10.1. The molecule has 0 fully saturated rings. The fourth-order valence-corrected chi connectivity index (χ4v) is 1.75. The number of carbonyl (C=O) groups is 1. The SMILES string of the molecule is Cc1cc(N)cnc1NC(=O)c1cc(Cl)ccc1F. The molecule has 0 radical (unpaired) electrons. The Balaban J connectivity index is 2.28. The molecule has 1 heterocycles. The summed E-state index contributed by atoms with van der Waals surface area (Å²) in [6, 6.07) is 5.44. The summed E-state index contributed by atoms with van der Waals surface area (Å²) in [6.07, 6.45) is 1.41. The van der Waals surface area contributed by atoms with Crippen LogP contribution in [0.5, 0.6) is 0 Å². The number of nitrogens with one attached hydrogen (secondary N) is 1. The molecule has 0 unspecified atom stereocenters. The summed E-state index contributed by atoms with van der Waals surface area (Å²) in [5, 5.41) is 2.80. The number of rotatable bonds is 2. The minimum atomic E-state index is -0.644. The van der Waals surface area contributed by atoms with E-state index in [-0.39, 0.29) is 10.6 Å². The topological polar surface area (TPSA) is 68.0 Å². The number of benzene rings is 1. The van der Waals surface area contributed by atoms with Crippen LogP contribution in [-0.4, -0.2) is 10.9 Å². The van der Waals surface area contributed by atoms with Gasteiger partial charge >= 0.3 is 0 Å². The van der Waals surface area contributed by atoms with Gasteiger partial charge in [0.15, 0.2) is 0 Å². The molecule has 0 atom stereocenters. The second-order valence-electron chi connectivity index (χ2n) is 4.01. The van der Waals surface area contributed by atoms with Crippen molar-refractivity contribution < 1.29 is 9.18 Å². The van der Waals surface area contributed by atoms with Gasteiger partial charge in [0.1, 0.15) is 11.6 Å². The highest BCUT2D eigenvalue weighted by atomic mass is 35.5. The van der Waals surface area contributed by atoms with E-state index in [4.69, 9.17) is 17.3 Å². The van der Waals surface area contributed by atoms with E-state index in [1.54, 1.807) is 13.0 Å². The Morgan fingerprint density at radius 2 is 2.16 bits per heavy atom. The largest absolute Gasteiger partial charge is 0.397 e. The molecule has 0 aliphatic heterocycles. The first-order valence-corrected chi connectivity index (χ1v) is 5.83. The molecular formula is C13H11ClFN3O. The minimum absolute atomic E-state index is 0.134. The van der Waals surface area contributed by atoms with Crippen molar-refractivity contribution >= 4 is 29.0 Å². The number of nitrogens with zero attached hydrogens (tertiary/aromatic N) is 1. The van der Waals surface area contributed by atoms with Crippen molar-refractivity contribution in [2.75, 3.05) is 11.1 Å². The third-order valence-corrected chi connectivity index (χ3v) is 2.74. The lowest BCUT2D eigenvalue weighted by Gasteiger charge is -2.08. The number of amides is 1. The normalized spacial score (nSPS) is 10.3. The Morgan fingerprint density at radius 1 is 1.42 bits per heavy atom. The van der Waals surface area contributed by atoms with Gasteiger partial charge in [-0.05, 0) is 36.8 Å². The Hall–Kier alpha value is -2.14. The molecule has 0 bridgehead atoms. The Kier molecular flexibility index (Phi) is 3.66. The van der Waals surface area contributed by atoms with E-state index in [0.717, 1.165) is 6.07 Å². The van der Waals surface area contributed by atoms with Gasteiger partial charge in [-0.25, -0.2) is 9.37 Å². The number of nitrogen functional groups attached to an aromatic ring is 1. The molecule has 19 heavy (non-hydrogen) atoms. The fraction of sp³-hybridized carbons (Fsp3) is 0.0769. The van der Waals surface area contributed by atoms with Gasteiger partial charge in [0, 0.05) is 5.02 Å². The van der Waals surface area contributed by atoms with E-state index in [9.17, 15) is 9.18 Å². The van der Waals surface area contributed by atoms with Crippen molar-refractivity contribution in [3.8, 4) is 0 Å². The van der Waals surface area contributed by atoms with Crippen LogP contribution < -0.4 is 11.1 Å². The highest BCUT2D eigenvalue weighted by Crippen LogP contribution is 2.18. The van der Waals surface area contributed by atoms with Gasteiger partial charge in [0.25, 0.3) is 5.91 Å². The van der Waals surface area contributed by atoms with Crippen molar-refractivity contribution in [2.45, 2.75) is 6.92 Å². The standard InChI is InChI=1S/C13H11ClFN3O/c1-7-4-9(16)6-17-12(7)18-13(19)10-5-8(14)2-3-11(10)15/h2-6H,16H2,1H3,(H,17,18,19). The molecular weight excluding hydrogens is 269 g/mol. The van der Waals surface area contributed by atoms with Gasteiger partial charge in [-0.15, -0.1) is 0 Å². The van der Waals surface area contributed by atoms with Crippen molar-refractivity contribution in [1.29, 1.82) is 0 Å². The van der Waals surface area contributed by atoms with Crippen molar-refractivity contribution in [1.82, 2.24) is 4.98 Å². The summed E-state index contributed by atoms with van der Waals surface area (Å²) in [7, 11) is 0. The molecule has 1 aromatic heterocycles. The smallest absolute Gasteiger partial charge is 0.259 e. The van der Waals surface area contributed by atoms with Crippen LogP contribution in [0.1, 0.15) is 15.9 Å². The number of carbonyl (C=O) groups excluding carboxylic acids is 1. The first kappa shape index (κ1) is 13.3. The maximum absolute atomic E-state index is 13.5. The molecule has 2 rings (SSSR count). The fourth-order valence-electron chi connectivity index (χ4n) is 1.57. The molecule has 1 aromatic carbocycles. The third-order valence-electron chi connectivity index (χ3n) is 2.50. The summed E-state index contributed by atoms with van der Waals surface area (Å²) >= 11 is 5.74. The second-order valence-corrected chi connectivity index (χ2v) is 4.45. The maximum Gasteiger partial charge on any atom is 0.259 e. The zero-order valence-corrected chi connectivity index (χ0v) is 10.8. The van der Waals surface area contributed by atoms with Crippen LogP contribution in [0.2, 0.25) is 5.02 Å². The molecule has 0 saturated heterocycles. The van der Waals surface area contributed by atoms with Crippen LogP contribution in [0.25, 0.3) is 0 Å². The van der Waals surface area contributed by atoms with Crippen LogP contribution in [0.3, 0.4) is 0 Å². The summed E-state index contributed by atoms with van der Waals surface area (Å²) in [6.45, 7) is 1.74. The van der Waals surface area contributed by atoms with E-state index >= 15 is 0 Å². The average molecular weight is 280 g/mol. The summed E-state index contributed by atoms with van der Waals surface area (Å²) < 4.78 is 13.5. The first-order chi connectivity index (χ1) is 8.97. The molecule has 0 aliphatic rings. The van der Waals surface area contributed by atoms with Gasteiger partial charge in [-0.1, -0.05) is 11.6 Å². The first-order valence-electron chi connectivity index (χ1n) is 5.46. The van der Waals surface area contributed by atoms with Gasteiger partial charge in [-0.2, -0.15) is 0 Å².